The van der Waals surface area contributed by atoms with Crippen molar-refractivity contribution in [2.24, 2.45) is 0 Å². The fourth-order valence-electron chi connectivity index (χ4n) is 3.44. The van der Waals surface area contributed by atoms with Gasteiger partial charge in [-0.05, 0) is 30.2 Å². The van der Waals surface area contributed by atoms with Gasteiger partial charge in [0.15, 0.2) is 12.6 Å². The highest BCUT2D eigenvalue weighted by atomic mass is 16.5. The Morgan fingerprint density at radius 2 is 2.00 bits per heavy atom. The molecule has 1 amide bonds. The van der Waals surface area contributed by atoms with Crippen molar-refractivity contribution in [3.8, 4) is 5.75 Å². The molecule has 0 bridgehead atoms. The molecule has 2 aromatic carbocycles. The first-order valence-electron chi connectivity index (χ1n) is 9.26. The van der Waals surface area contributed by atoms with Crippen LogP contribution >= 0.6 is 0 Å². The summed E-state index contributed by atoms with van der Waals surface area (Å²) in [5.74, 6) is -0.610. The van der Waals surface area contributed by atoms with Crippen LogP contribution in [0.4, 0.5) is 0 Å². The van der Waals surface area contributed by atoms with Gasteiger partial charge in [-0.3, -0.25) is 14.2 Å². The Morgan fingerprint density at radius 1 is 1.21 bits per heavy atom. The lowest BCUT2D eigenvalue weighted by Gasteiger charge is -2.15. The third kappa shape index (κ3) is 3.82. The van der Waals surface area contributed by atoms with Crippen LogP contribution in [0.5, 0.6) is 5.75 Å². The molecule has 3 aromatic rings. The van der Waals surface area contributed by atoms with Crippen molar-refractivity contribution in [2.45, 2.75) is 25.4 Å². The predicted octanol–water partition coefficient (Wildman–Crippen LogP) is 1.66. The predicted molar refractivity (Wildman–Crippen MR) is 105 cm³/mol. The molecule has 0 saturated carbocycles. The molecule has 4 rings (SSSR count). The van der Waals surface area contributed by atoms with Gasteiger partial charge in [0.1, 0.15) is 11.6 Å². The third-order valence-electron chi connectivity index (χ3n) is 4.84. The molecule has 1 aromatic heterocycles. The number of aromatic nitrogens is 2. The summed E-state index contributed by atoms with van der Waals surface area (Å²) >= 11 is 0. The molecule has 0 aliphatic carbocycles. The van der Waals surface area contributed by atoms with Gasteiger partial charge < -0.3 is 15.2 Å². The van der Waals surface area contributed by atoms with Crippen LogP contribution in [0.25, 0.3) is 10.9 Å². The Morgan fingerprint density at radius 3 is 2.76 bits per heavy atom. The highest BCUT2D eigenvalue weighted by Gasteiger charge is 2.22. The van der Waals surface area contributed by atoms with E-state index in [0.717, 1.165) is 18.7 Å². The highest BCUT2D eigenvalue weighted by molar-refractivity contribution is 5.85. The van der Waals surface area contributed by atoms with Gasteiger partial charge in [-0.15, -0.1) is 0 Å². The van der Waals surface area contributed by atoms with Gasteiger partial charge in [-0.2, -0.15) is 0 Å². The number of ether oxygens (including phenoxy) is 1. The monoisotopic (exact) mass is 393 g/mol. The number of benzene rings is 2. The molecule has 1 aliphatic heterocycles. The normalized spacial score (nSPS) is 13.7. The summed E-state index contributed by atoms with van der Waals surface area (Å²) < 4.78 is 7.15. The number of hydrogen-bond acceptors (Lipinski definition) is 5. The lowest BCUT2D eigenvalue weighted by Crippen LogP contribution is -2.36. The molecule has 0 saturated heterocycles. The maximum Gasteiger partial charge on any atom is 0.330 e. The molecule has 0 spiro atoms. The van der Waals surface area contributed by atoms with Crippen LogP contribution in [0, 0.1) is 0 Å². The fourth-order valence-corrected chi connectivity index (χ4v) is 3.44. The molecule has 2 heterocycles. The standard InChI is InChI=1S/C21H19N3O5/c25-18(23-19(21(27)28)13-5-2-1-3-6-13)12-29-14-8-9-16-15(11-14)20(26)24-10-4-7-17(24)22-16/h1-3,5-6,8-9,11,19H,4,7,10,12H2,(H,23,25)(H,27,28)/t19-/m1/s1. The molecule has 2 N–H and O–H groups in total. The number of fused-ring (bicyclic) bond motifs is 2. The van der Waals surface area contributed by atoms with Crippen LogP contribution in [-0.4, -0.2) is 33.1 Å². The topological polar surface area (TPSA) is 111 Å². The molecule has 8 heteroatoms. The number of carboxylic acids is 1. The van der Waals surface area contributed by atoms with Crippen LogP contribution in [0.15, 0.2) is 53.3 Å². The number of hydrogen-bond donors (Lipinski definition) is 2. The second-order valence-electron chi connectivity index (χ2n) is 6.81. The smallest absolute Gasteiger partial charge is 0.330 e. The summed E-state index contributed by atoms with van der Waals surface area (Å²) in [5.41, 5.74) is 0.939. The second kappa shape index (κ2) is 7.75. The van der Waals surface area contributed by atoms with Crippen LogP contribution < -0.4 is 15.6 Å². The summed E-state index contributed by atoms with van der Waals surface area (Å²) in [7, 11) is 0. The van der Waals surface area contributed by atoms with E-state index in [1.807, 2.05) is 0 Å². The summed E-state index contributed by atoms with van der Waals surface area (Å²) in [4.78, 5) is 40.8. The number of aliphatic carboxylic acids is 1. The summed E-state index contributed by atoms with van der Waals surface area (Å²) in [6.07, 6.45) is 1.68. The number of nitrogens with zero attached hydrogens (tertiary/aromatic N) is 2. The minimum atomic E-state index is -1.17. The van der Waals surface area contributed by atoms with Crippen molar-refractivity contribution >= 4 is 22.8 Å². The maximum absolute atomic E-state index is 12.6. The van der Waals surface area contributed by atoms with Gasteiger partial charge in [0, 0.05) is 13.0 Å². The van der Waals surface area contributed by atoms with E-state index in [9.17, 15) is 19.5 Å². The number of carbonyl (C=O) groups excluding carboxylic acids is 1. The van der Waals surface area contributed by atoms with Crippen LogP contribution in [0.1, 0.15) is 23.9 Å². The molecule has 0 fully saturated rings. The quantitative estimate of drug-likeness (QED) is 0.659. The maximum atomic E-state index is 12.6. The zero-order valence-corrected chi connectivity index (χ0v) is 15.5. The van der Waals surface area contributed by atoms with Crippen LogP contribution in [0.3, 0.4) is 0 Å². The lowest BCUT2D eigenvalue weighted by atomic mass is 10.1. The Labute approximate surface area is 165 Å². The average molecular weight is 393 g/mol. The number of carbonyl (C=O) groups is 2. The molecule has 1 aliphatic rings. The van der Waals surface area contributed by atoms with Gasteiger partial charge in [-0.1, -0.05) is 30.3 Å². The fraction of sp³-hybridized carbons (Fsp3) is 0.238. The van der Waals surface area contributed by atoms with E-state index in [-0.39, 0.29) is 12.2 Å². The van der Waals surface area contributed by atoms with E-state index in [1.54, 1.807) is 53.1 Å². The first kappa shape index (κ1) is 18.7. The van der Waals surface area contributed by atoms with E-state index in [0.29, 0.717) is 28.8 Å². The van der Waals surface area contributed by atoms with Gasteiger partial charge in [0.05, 0.1) is 10.9 Å². The van der Waals surface area contributed by atoms with E-state index < -0.39 is 17.9 Å². The molecule has 8 nitrogen and oxygen atoms in total. The van der Waals surface area contributed by atoms with Gasteiger partial charge in [-0.25, -0.2) is 9.78 Å². The zero-order valence-electron chi connectivity index (χ0n) is 15.5. The highest BCUT2D eigenvalue weighted by Crippen LogP contribution is 2.20. The Bertz CT molecular complexity index is 1140. The zero-order chi connectivity index (χ0) is 20.4. The van der Waals surface area contributed by atoms with Crippen molar-refractivity contribution in [3.05, 3.63) is 70.3 Å². The minimum absolute atomic E-state index is 0.118. The van der Waals surface area contributed by atoms with Crippen molar-refractivity contribution < 1.29 is 19.4 Å². The molecule has 0 radical (unpaired) electrons. The average Bonchev–Trinajstić information content (AvgIpc) is 3.20. The molecule has 0 unspecified atom stereocenters. The van der Waals surface area contributed by atoms with E-state index in [2.05, 4.69) is 10.3 Å². The lowest BCUT2D eigenvalue weighted by molar-refractivity contribution is -0.142. The third-order valence-corrected chi connectivity index (χ3v) is 4.84. The largest absolute Gasteiger partial charge is 0.484 e. The molecule has 148 valence electrons. The van der Waals surface area contributed by atoms with E-state index in [4.69, 9.17) is 4.74 Å². The first-order chi connectivity index (χ1) is 14.0. The Hall–Kier alpha value is -3.68. The number of aryl methyl sites for hydroxylation is 1. The number of rotatable bonds is 6. The van der Waals surface area contributed by atoms with Crippen molar-refractivity contribution in [1.29, 1.82) is 0 Å². The molecule has 1 atom stereocenters. The van der Waals surface area contributed by atoms with Gasteiger partial charge >= 0.3 is 5.97 Å². The van der Waals surface area contributed by atoms with E-state index >= 15 is 0 Å². The van der Waals surface area contributed by atoms with E-state index in [1.165, 1.54) is 0 Å². The van der Waals surface area contributed by atoms with Crippen LogP contribution in [0.2, 0.25) is 0 Å². The SMILES string of the molecule is O=C(COc1ccc2nc3n(c(=O)c2c1)CCC3)N[C@@H](C(=O)O)c1ccccc1. The molecular formula is C21H19N3O5. The number of amides is 1. The summed E-state index contributed by atoms with van der Waals surface area (Å²) in [6, 6.07) is 12.1. The molecule has 29 heavy (non-hydrogen) atoms. The first-order valence-corrected chi connectivity index (χ1v) is 9.26. The van der Waals surface area contributed by atoms with Crippen LogP contribution in [-0.2, 0) is 22.6 Å². The van der Waals surface area contributed by atoms with Gasteiger partial charge in [0.2, 0.25) is 0 Å². The molecular weight excluding hydrogens is 374 g/mol. The Kier molecular flexibility index (Phi) is 4.99. The van der Waals surface area contributed by atoms with Crippen molar-refractivity contribution in [3.63, 3.8) is 0 Å². The summed E-state index contributed by atoms with van der Waals surface area (Å²) in [5, 5.41) is 12.3. The summed E-state index contributed by atoms with van der Waals surface area (Å²) in [6.45, 7) is 0.280. The number of nitrogens with one attached hydrogen (secondary N) is 1. The second-order valence-corrected chi connectivity index (χ2v) is 6.81. The number of carboxylic acid groups (broad SMARTS) is 1. The van der Waals surface area contributed by atoms with Crippen molar-refractivity contribution in [1.82, 2.24) is 14.9 Å². The minimum Gasteiger partial charge on any atom is -0.484 e. The Balaban J connectivity index is 1.47. The van der Waals surface area contributed by atoms with Gasteiger partial charge in [0.25, 0.3) is 11.5 Å². The van der Waals surface area contributed by atoms with Crippen molar-refractivity contribution in [2.75, 3.05) is 6.61 Å².